The third-order valence-corrected chi connectivity index (χ3v) is 3.85. The minimum Gasteiger partial charge on any atom is -0.482 e. The van der Waals surface area contributed by atoms with Crippen LogP contribution in [0.2, 0.25) is 5.02 Å². The Morgan fingerprint density at radius 2 is 2.08 bits per heavy atom. The smallest absolute Gasteiger partial charge is 0.270 e. The number of nitrogens with zero attached hydrogens (tertiary/aromatic N) is 1. The number of benzene rings is 2. The SMILES string of the molecule is O=C1COc2ccc(C(=O)C=Cc3cc([N+](=O)[O-])ccc3Cl)cc2N1. The van der Waals surface area contributed by atoms with Gasteiger partial charge in [0.15, 0.2) is 12.4 Å². The molecule has 1 amide bonds. The van der Waals surface area contributed by atoms with E-state index in [2.05, 4.69) is 5.32 Å². The number of nitro benzene ring substituents is 1. The summed E-state index contributed by atoms with van der Waals surface area (Å²) in [5.74, 6) is -0.150. The normalized spacial score (nSPS) is 13.1. The fourth-order valence-electron chi connectivity index (χ4n) is 2.27. The lowest BCUT2D eigenvalue weighted by molar-refractivity contribution is -0.384. The predicted octanol–water partition coefficient (Wildman–Crippen LogP) is 3.48. The molecule has 0 radical (unpaired) electrons. The molecule has 1 aliphatic heterocycles. The highest BCUT2D eigenvalue weighted by molar-refractivity contribution is 6.32. The molecule has 0 spiro atoms. The van der Waals surface area contributed by atoms with Gasteiger partial charge in [-0.3, -0.25) is 19.7 Å². The minimum atomic E-state index is -0.540. The monoisotopic (exact) mass is 358 g/mol. The summed E-state index contributed by atoms with van der Waals surface area (Å²) in [4.78, 5) is 33.9. The highest BCUT2D eigenvalue weighted by atomic mass is 35.5. The van der Waals surface area contributed by atoms with E-state index in [4.69, 9.17) is 16.3 Å². The van der Waals surface area contributed by atoms with Gasteiger partial charge in [0.25, 0.3) is 11.6 Å². The molecule has 1 N–H and O–H groups in total. The van der Waals surface area contributed by atoms with Crippen LogP contribution in [0.25, 0.3) is 6.08 Å². The lowest BCUT2D eigenvalue weighted by atomic mass is 10.1. The van der Waals surface area contributed by atoms with Crippen molar-refractivity contribution in [3.05, 3.63) is 68.7 Å². The lowest BCUT2D eigenvalue weighted by Gasteiger charge is -2.17. The molecule has 2 aromatic rings. The van der Waals surface area contributed by atoms with Gasteiger partial charge in [-0.05, 0) is 42.0 Å². The van der Waals surface area contributed by atoms with E-state index < -0.39 is 4.92 Å². The average molecular weight is 359 g/mol. The largest absolute Gasteiger partial charge is 0.482 e. The third-order valence-electron chi connectivity index (χ3n) is 3.50. The molecule has 0 saturated heterocycles. The van der Waals surface area contributed by atoms with Crippen LogP contribution in [0.1, 0.15) is 15.9 Å². The van der Waals surface area contributed by atoms with Crippen molar-refractivity contribution < 1.29 is 19.2 Å². The Morgan fingerprint density at radius 3 is 2.84 bits per heavy atom. The van der Waals surface area contributed by atoms with Gasteiger partial charge in [-0.1, -0.05) is 11.6 Å². The molecule has 25 heavy (non-hydrogen) atoms. The maximum atomic E-state index is 12.3. The van der Waals surface area contributed by atoms with Gasteiger partial charge < -0.3 is 10.1 Å². The molecule has 126 valence electrons. The van der Waals surface area contributed by atoms with Crippen LogP contribution in [-0.2, 0) is 4.79 Å². The molecular weight excluding hydrogens is 348 g/mol. The van der Waals surface area contributed by atoms with Gasteiger partial charge in [0, 0.05) is 22.7 Å². The van der Waals surface area contributed by atoms with E-state index in [1.807, 2.05) is 0 Å². The van der Waals surface area contributed by atoms with Gasteiger partial charge in [0.05, 0.1) is 10.6 Å². The molecule has 0 unspecified atom stereocenters. The van der Waals surface area contributed by atoms with Crippen LogP contribution >= 0.6 is 11.6 Å². The van der Waals surface area contributed by atoms with Crippen LogP contribution in [0.3, 0.4) is 0 Å². The number of amides is 1. The topological polar surface area (TPSA) is 98.5 Å². The van der Waals surface area contributed by atoms with Crippen molar-refractivity contribution in [2.45, 2.75) is 0 Å². The molecule has 2 aromatic carbocycles. The minimum absolute atomic E-state index is 0.0640. The van der Waals surface area contributed by atoms with E-state index in [0.717, 1.165) is 0 Å². The number of carbonyl (C=O) groups is 2. The van der Waals surface area contributed by atoms with Crippen molar-refractivity contribution in [2.75, 3.05) is 11.9 Å². The van der Waals surface area contributed by atoms with Gasteiger partial charge in [0.1, 0.15) is 5.75 Å². The second-order valence-corrected chi connectivity index (χ2v) is 5.62. The third kappa shape index (κ3) is 3.67. The molecule has 0 fully saturated rings. The number of nitrogens with one attached hydrogen (secondary N) is 1. The number of carbonyl (C=O) groups excluding carboxylic acids is 2. The number of fused-ring (bicyclic) bond motifs is 1. The molecule has 1 heterocycles. The first-order valence-electron chi connectivity index (χ1n) is 7.17. The van der Waals surface area contributed by atoms with Crippen LogP contribution in [-0.4, -0.2) is 23.2 Å². The Labute approximate surface area is 147 Å². The van der Waals surface area contributed by atoms with Gasteiger partial charge in [-0.15, -0.1) is 0 Å². The number of rotatable bonds is 4. The first-order chi connectivity index (χ1) is 11.9. The van der Waals surface area contributed by atoms with Crippen molar-refractivity contribution in [3.8, 4) is 5.75 Å². The van der Waals surface area contributed by atoms with E-state index in [-0.39, 0.29) is 24.0 Å². The molecule has 1 aliphatic rings. The van der Waals surface area contributed by atoms with Crippen molar-refractivity contribution >= 4 is 40.7 Å². The molecule has 0 aromatic heterocycles. The second-order valence-electron chi connectivity index (χ2n) is 5.21. The zero-order valence-corrected chi connectivity index (χ0v) is 13.4. The molecule has 0 saturated carbocycles. The van der Waals surface area contributed by atoms with E-state index in [9.17, 15) is 19.7 Å². The van der Waals surface area contributed by atoms with Gasteiger partial charge in [-0.25, -0.2) is 0 Å². The highest BCUT2D eigenvalue weighted by Gasteiger charge is 2.17. The fourth-order valence-corrected chi connectivity index (χ4v) is 2.45. The molecule has 0 atom stereocenters. The Balaban J connectivity index is 1.84. The maximum Gasteiger partial charge on any atom is 0.270 e. The molecular formula is C17H11ClN2O5. The summed E-state index contributed by atoms with van der Waals surface area (Å²) in [6, 6.07) is 8.64. The zero-order valence-electron chi connectivity index (χ0n) is 12.7. The van der Waals surface area contributed by atoms with Crippen molar-refractivity contribution in [1.29, 1.82) is 0 Å². The fraction of sp³-hybridized carbons (Fsp3) is 0.0588. The van der Waals surface area contributed by atoms with Crippen LogP contribution in [0.15, 0.2) is 42.5 Å². The first kappa shape index (κ1) is 16.7. The van der Waals surface area contributed by atoms with E-state index in [1.54, 1.807) is 12.1 Å². The number of hydrogen-bond donors (Lipinski definition) is 1. The average Bonchev–Trinajstić information content (AvgIpc) is 2.59. The molecule has 8 heteroatoms. The number of hydrogen-bond acceptors (Lipinski definition) is 5. The Kier molecular flexibility index (Phi) is 4.49. The summed E-state index contributed by atoms with van der Waals surface area (Å²) in [6.07, 6.45) is 2.67. The molecule has 0 aliphatic carbocycles. The standard InChI is InChI=1S/C17H11ClN2O5/c18-13-4-3-12(20(23)24)7-10(13)1-5-15(21)11-2-6-16-14(8-11)19-17(22)9-25-16/h1-8H,9H2,(H,19,22). The maximum absolute atomic E-state index is 12.3. The number of allylic oxidation sites excluding steroid dienone is 1. The zero-order chi connectivity index (χ0) is 18.0. The summed E-state index contributed by atoms with van der Waals surface area (Å²) in [6.45, 7) is -0.0640. The highest BCUT2D eigenvalue weighted by Crippen LogP contribution is 2.29. The van der Waals surface area contributed by atoms with Gasteiger partial charge >= 0.3 is 0 Å². The van der Waals surface area contributed by atoms with Crippen molar-refractivity contribution in [3.63, 3.8) is 0 Å². The Morgan fingerprint density at radius 1 is 1.28 bits per heavy atom. The molecule has 3 rings (SSSR count). The van der Waals surface area contributed by atoms with E-state index in [1.165, 1.54) is 36.4 Å². The first-order valence-corrected chi connectivity index (χ1v) is 7.55. The number of halogens is 1. The number of non-ortho nitro benzene ring substituents is 1. The summed E-state index contributed by atoms with van der Waals surface area (Å²) in [5.41, 5.74) is 0.996. The summed E-state index contributed by atoms with van der Waals surface area (Å²) < 4.78 is 5.23. The Hall–Kier alpha value is -3.19. The summed E-state index contributed by atoms with van der Waals surface area (Å²) in [7, 11) is 0. The summed E-state index contributed by atoms with van der Waals surface area (Å²) in [5, 5.41) is 13.7. The number of anilines is 1. The second kappa shape index (κ2) is 6.74. The van der Waals surface area contributed by atoms with Crippen molar-refractivity contribution in [1.82, 2.24) is 0 Å². The van der Waals surface area contributed by atoms with Gasteiger partial charge in [0.2, 0.25) is 0 Å². The van der Waals surface area contributed by atoms with Crippen molar-refractivity contribution in [2.24, 2.45) is 0 Å². The van der Waals surface area contributed by atoms with Crippen LogP contribution in [0, 0.1) is 10.1 Å². The molecule has 0 bridgehead atoms. The molecule has 7 nitrogen and oxygen atoms in total. The van der Waals surface area contributed by atoms with Crippen LogP contribution in [0.5, 0.6) is 5.75 Å². The van der Waals surface area contributed by atoms with Crippen LogP contribution < -0.4 is 10.1 Å². The van der Waals surface area contributed by atoms with Gasteiger partial charge in [-0.2, -0.15) is 0 Å². The van der Waals surface area contributed by atoms with E-state index >= 15 is 0 Å². The summed E-state index contributed by atoms with van der Waals surface area (Å²) >= 11 is 5.99. The Bertz CT molecular complexity index is 923. The number of nitro groups is 1. The number of ketones is 1. The number of ether oxygens (including phenoxy) is 1. The lowest BCUT2D eigenvalue weighted by Crippen LogP contribution is -2.25. The predicted molar refractivity (Wildman–Crippen MR) is 92.0 cm³/mol. The quantitative estimate of drug-likeness (QED) is 0.390. The van der Waals surface area contributed by atoms with Crippen LogP contribution in [0.4, 0.5) is 11.4 Å². The van der Waals surface area contributed by atoms with E-state index in [0.29, 0.717) is 27.6 Å².